The van der Waals surface area contributed by atoms with E-state index in [9.17, 15) is 16.8 Å². The van der Waals surface area contributed by atoms with E-state index in [2.05, 4.69) is 14.9 Å². The second-order valence-corrected chi connectivity index (χ2v) is 9.99. The number of aryl methyl sites for hydroxylation is 1. The predicted octanol–water partition coefficient (Wildman–Crippen LogP) is 2.66. The molecular formula is C19H19N3O5S2. The lowest BCUT2D eigenvalue weighted by molar-refractivity contribution is 0.411. The molecule has 1 N–H and O–H groups in total. The molecule has 1 heterocycles. The fourth-order valence-electron chi connectivity index (χ4n) is 2.61. The van der Waals surface area contributed by atoms with Crippen molar-refractivity contribution < 1.29 is 21.6 Å². The van der Waals surface area contributed by atoms with Gasteiger partial charge in [0, 0.05) is 17.5 Å². The molecule has 3 aromatic rings. The molecule has 0 saturated carbocycles. The zero-order chi connectivity index (χ0) is 21.2. The van der Waals surface area contributed by atoms with Gasteiger partial charge in [0.05, 0.1) is 17.7 Å². The predicted molar refractivity (Wildman–Crippen MR) is 109 cm³/mol. The van der Waals surface area contributed by atoms with Gasteiger partial charge < -0.3 is 4.74 Å². The maximum absolute atomic E-state index is 12.6. The Morgan fingerprint density at radius 3 is 2.10 bits per heavy atom. The van der Waals surface area contributed by atoms with Crippen LogP contribution in [0, 0.1) is 6.92 Å². The van der Waals surface area contributed by atoms with E-state index in [-0.39, 0.29) is 9.92 Å². The second kappa shape index (κ2) is 7.80. The lowest BCUT2D eigenvalue weighted by atomic mass is 10.1. The zero-order valence-electron chi connectivity index (χ0n) is 15.9. The van der Waals surface area contributed by atoms with E-state index >= 15 is 0 Å². The number of rotatable bonds is 6. The minimum absolute atomic E-state index is 0.111. The molecule has 3 rings (SSSR count). The number of anilines is 1. The van der Waals surface area contributed by atoms with Gasteiger partial charge in [-0.25, -0.2) is 16.8 Å². The molecule has 0 aliphatic rings. The summed E-state index contributed by atoms with van der Waals surface area (Å²) in [6, 6.07) is 14.1. The summed E-state index contributed by atoms with van der Waals surface area (Å²) in [6.45, 7) is 1.77. The Morgan fingerprint density at radius 2 is 1.59 bits per heavy atom. The van der Waals surface area contributed by atoms with Crippen LogP contribution in [0.4, 0.5) is 5.69 Å². The topological polar surface area (TPSA) is 115 Å². The van der Waals surface area contributed by atoms with Crippen LogP contribution < -0.4 is 9.46 Å². The molecule has 2 aromatic carbocycles. The number of benzene rings is 2. The third kappa shape index (κ3) is 4.72. The van der Waals surface area contributed by atoms with Gasteiger partial charge in [-0.3, -0.25) is 4.72 Å². The molecule has 10 heteroatoms. The summed E-state index contributed by atoms with van der Waals surface area (Å²) in [7, 11) is -5.66. The number of sulfone groups is 1. The largest absolute Gasteiger partial charge is 0.496 e. The Labute approximate surface area is 169 Å². The van der Waals surface area contributed by atoms with E-state index in [1.807, 2.05) is 0 Å². The fraction of sp³-hybridized carbons (Fsp3) is 0.158. The highest BCUT2D eigenvalue weighted by Gasteiger charge is 2.16. The van der Waals surface area contributed by atoms with E-state index in [0.29, 0.717) is 28.3 Å². The highest BCUT2D eigenvalue weighted by molar-refractivity contribution is 7.92. The number of hydrogen-bond donors (Lipinski definition) is 1. The first-order valence-electron chi connectivity index (χ1n) is 8.42. The minimum atomic E-state index is -3.76. The summed E-state index contributed by atoms with van der Waals surface area (Å²) in [5, 5.41) is 7.51. The van der Waals surface area contributed by atoms with Crippen LogP contribution in [-0.2, 0) is 19.9 Å². The third-order valence-corrected chi connectivity index (χ3v) is 6.49. The Balaban J connectivity index is 1.80. The number of sulfonamides is 1. The van der Waals surface area contributed by atoms with E-state index in [1.165, 1.54) is 25.3 Å². The Bertz CT molecular complexity index is 1240. The van der Waals surface area contributed by atoms with Gasteiger partial charge >= 0.3 is 0 Å². The van der Waals surface area contributed by atoms with Crippen molar-refractivity contribution in [1.29, 1.82) is 0 Å². The third-order valence-electron chi connectivity index (χ3n) is 4.13. The van der Waals surface area contributed by atoms with Crippen LogP contribution in [0.2, 0.25) is 0 Å². The molecule has 0 bridgehead atoms. The van der Waals surface area contributed by atoms with Crippen LogP contribution in [0.25, 0.3) is 11.3 Å². The minimum Gasteiger partial charge on any atom is -0.496 e. The van der Waals surface area contributed by atoms with Crippen LogP contribution in [0.5, 0.6) is 5.75 Å². The summed E-state index contributed by atoms with van der Waals surface area (Å²) in [5.74, 6) is 0.608. The average Bonchev–Trinajstić information content (AvgIpc) is 2.67. The lowest BCUT2D eigenvalue weighted by Crippen LogP contribution is -2.13. The fourth-order valence-corrected chi connectivity index (χ4v) is 4.26. The molecule has 0 aliphatic carbocycles. The van der Waals surface area contributed by atoms with Crippen molar-refractivity contribution in [3.63, 3.8) is 0 Å². The van der Waals surface area contributed by atoms with Crippen LogP contribution >= 0.6 is 0 Å². The van der Waals surface area contributed by atoms with Gasteiger partial charge in [0.1, 0.15) is 5.75 Å². The highest BCUT2D eigenvalue weighted by atomic mass is 32.2. The standard InChI is InChI=1S/C19H19N3O5S2/c1-13-12-16(8-10-18(13)27-2)29(25,26)22-15-6-4-14(5-7-15)17-9-11-19(21-20-17)28(3,23)24/h4-12,22H,1-3H3. The number of methoxy groups -OCH3 is 1. The van der Waals surface area contributed by atoms with Gasteiger partial charge in [-0.1, -0.05) is 12.1 Å². The van der Waals surface area contributed by atoms with Gasteiger partial charge in [-0.2, -0.15) is 0 Å². The molecule has 0 atom stereocenters. The summed E-state index contributed by atoms with van der Waals surface area (Å²) in [5.41, 5.74) is 2.23. The Morgan fingerprint density at radius 1 is 0.897 bits per heavy atom. The van der Waals surface area contributed by atoms with E-state index in [4.69, 9.17) is 4.74 Å². The monoisotopic (exact) mass is 433 g/mol. The van der Waals surface area contributed by atoms with E-state index in [0.717, 1.165) is 6.26 Å². The summed E-state index contributed by atoms with van der Waals surface area (Å²) < 4.78 is 55.8. The van der Waals surface area contributed by atoms with E-state index < -0.39 is 19.9 Å². The van der Waals surface area contributed by atoms with Crippen LogP contribution in [-0.4, -0.2) is 40.4 Å². The van der Waals surface area contributed by atoms with E-state index in [1.54, 1.807) is 43.3 Å². The van der Waals surface area contributed by atoms with Crippen molar-refractivity contribution in [2.45, 2.75) is 16.8 Å². The normalized spacial score (nSPS) is 11.8. The number of ether oxygens (including phenoxy) is 1. The Kier molecular flexibility index (Phi) is 5.58. The Hall–Kier alpha value is -2.98. The second-order valence-electron chi connectivity index (χ2n) is 6.34. The molecule has 0 aliphatic heterocycles. The molecule has 29 heavy (non-hydrogen) atoms. The molecule has 0 radical (unpaired) electrons. The highest BCUT2D eigenvalue weighted by Crippen LogP contribution is 2.24. The molecule has 0 amide bonds. The molecule has 1 aromatic heterocycles. The smallest absolute Gasteiger partial charge is 0.261 e. The summed E-state index contributed by atoms with van der Waals surface area (Å²) >= 11 is 0. The van der Waals surface area contributed by atoms with Crippen molar-refractivity contribution >= 4 is 25.5 Å². The summed E-state index contributed by atoms with van der Waals surface area (Å²) in [6.07, 6.45) is 1.06. The summed E-state index contributed by atoms with van der Waals surface area (Å²) in [4.78, 5) is 0.127. The van der Waals surface area contributed by atoms with Crippen LogP contribution in [0.15, 0.2) is 64.5 Å². The van der Waals surface area contributed by atoms with Gasteiger partial charge in [-0.15, -0.1) is 10.2 Å². The SMILES string of the molecule is COc1ccc(S(=O)(=O)Nc2ccc(-c3ccc(S(C)(=O)=O)nn3)cc2)cc1C. The molecular weight excluding hydrogens is 414 g/mol. The van der Waals surface area contributed by atoms with Crippen LogP contribution in [0.1, 0.15) is 5.56 Å². The average molecular weight is 434 g/mol. The number of nitrogens with zero attached hydrogens (tertiary/aromatic N) is 2. The number of nitrogens with one attached hydrogen (secondary N) is 1. The molecule has 0 saturated heterocycles. The molecule has 152 valence electrons. The lowest BCUT2D eigenvalue weighted by Gasteiger charge is -2.11. The van der Waals surface area contributed by atoms with Gasteiger partial charge in [0.2, 0.25) is 0 Å². The number of aromatic nitrogens is 2. The number of hydrogen-bond acceptors (Lipinski definition) is 7. The van der Waals surface area contributed by atoms with Gasteiger partial charge in [-0.05, 0) is 55.0 Å². The zero-order valence-corrected chi connectivity index (χ0v) is 17.6. The molecule has 0 fully saturated rings. The molecule has 0 unspecified atom stereocenters. The quantitative estimate of drug-likeness (QED) is 0.635. The van der Waals surface area contributed by atoms with Gasteiger partial charge in [0.15, 0.2) is 14.9 Å². The molecule has 0 spiro atoms. The van der Waals surface area contributed by atoms with Crippen molar-refractivity contribution in [1.82, 2.24) is 10.2 Å². The first-order valence-corrected chi connectivity index (χ1v) is 11.8. The van der Waals surface area contributed by atoms with Crippen molar-refractivity contribution in [2.75, 3.05) is 18.1 Å². The van der Waals surface area contributed by atoms with Crippen molar-refractivity contribution in [3.8, 4) is 17.0 Å². The van der Waals surface area contributed by atoms with Crippen molar-refractivity contribution in [3.05, 3.63) is 60.2 Å². The maximum atomic E-state index is 12.6. The van der Waals surface area contributed by atoms with Crippen LogP contribution in [0.3, 0.4) is 0 Å². The first kappa shape index (κ1) is 20.7. The maximum Gasteiger partial charge on any atom is 0.261 e. The van der Waals surface area contributed by atoms with Gasteiger partial charge in [0.25, 0.3) is 10.0 Å². The first-order chi connectivity index (χ1) is 13.6. The molecule has 8 nitrogen and oxygen atoms in total. The van der Waals surface area contributed by atoms with Crippen molar-refractivity contribution in [2.24, 2.45) is 0 Å².